The third-order valence-corrected chi connectivity index (χ3v) is 5.80. The maximum atomic E-state index is 12.5. The first-order valence-corrected chi connectivity index (χ1v) is 10.2. The first kappa shape index (κ1) is 21.7. The third-order valence-electron chi connectivity index (χ3n) is 5.80. The number of fused-ring (bicyclic) bond motifs is 1. The lowest BCUT2D eigenvalue weighted by Crippen LogP contribution is -2.49. The number of urea groups is 1. The molecule has 8 heteroatoms. The zero-order chi connectivity index (χ0) is 19.3. The second-order valence-corrected chi connectivity index (χ2v) is 7.85. The monoisotopic (exact) mass is 417 g/mol. The Bertz CT molecular complexity index is 785. The van der Waals surface area contributed by atoms with Crippen LogP contribution in [-0.4, -0.2) is 69.3 Å². The highest BCUT2D eigenvalue weighted by molar-refractivity contribution is 7.59. The smallest absolute Gasteiger partial charge is 0.317 e. The molecule has 1 fully saturated rings. The van der Waals surface area contributed by atoms with Crippen molar-refractivity contribution in [2.24, 2.45) is 0 Å². The van der Waals surface area contributed by atoms with Crippen LogP contribution in [0, 0.1) is 0 Å². The van der Waals surface area contributed by atoms with Crippen molar-refractivity contribution in [2.45, 2.75) is 38.0 Å². The zero-order valence-corrected chi connectivity index (χ0v) is 17.7. The zero-order valence-electron chi connectivity index (χ0n) is 16.7. The molecule has 0 radical (unpaired) electrons. The van der Waals surface area contributed by atoms with Crippen LogP contribution in [0.4, 0.5) is 4.79 Å². The number of nitrogens with zero attached hydrogens (tertiary/aromatic N) is 4. The topological polar surface area (TPSA) is 73.6 Å². The van der Waals surface area contributed by atoms with Gasteiger partial charge in [0.05, 0.1) is 18.5 Å². The minimum absolute atomic E-state index is 0. The fourth-order valence-electron chi connectivity index (χ4n) is 4.26. The summed E-state index contributed by atoms with van der Waals surface area (Å²) in [5.74, 6) is 0. The van der Waals surface area contributed by atoms with Gasteiger partial charge < -0.3 is 19.9 Å². The number of imidazole rings is 1. The number of aliphatic hydroxyl groups excluding tert-OH is 1. The number of β-amino-alcohol motifs (C(OH)–C–C–N with tert-alkyl or cyclic N) is 1. The van der Waals surface area contributed by atoms with E-state index in [-0.39, 0.29) is 32.1 Å². The largest absolute Gasteiger partial charge is 0.390 e. The Balaban J connectivity index is 0.00000240. The minimum Gasteiger partial charge on any atom is -0.390 e. The first-order chi connectivity index (χ1) is 13.7. The number of carbonyl (C=O) groups excluding carboxylic acids is 1. The molecule has 2 amide bonds. The van der Waals surface area contributed by atoms with E-state index in [9.17, 15) is 9.90 Å². The molecule has 2 aromatic rings. The highest BCUT2D eigenvalue weighted by Gasteiger charge is 2.25. The van der Waals surface area contributed by atoms with E-state index in [0.717, 1.165) is 38.9 Å². The highest BCUT2D eigenvalue weighted by atomic mass is 32.1. The molecule has 0 saturated carbocycles. The SMILES string of the molecule is O=C(NC[C@H](O)CN1CCc2ccccc2C1)N1CCCC(n2ccnc2)C1.S. The van der Waals surface area contributed by atoms with Crippen molar-refractivity contribution < 1.29 is 9.90 Å². The van der Waals surface area contributed by atoms with E-state index in [1.54, 1.807) is 6.20 Å². The standard InChI is InChI=1S/C21H29N5O2.H2S/c27-20(15-24-10-7-17-4-1-2-5-18(17)13-24)12-23-21(28)25-9-3-6-19(14-25)26-11-8-22-16-26;/h1-2,4-5,8,11,16,19-20,27H,3,6-7,9-10,12-15H2,(H,23,28);1H2/t19?,20-;/m0./s1. The number of piperidine rings is 1. The van der Waals surface area contributed by atoms with Gasteiger partial charge in [-0.1, -0.05) is 24.3 Å². The number of hydrogen-bond acceptors (Lipinski definition) is 4. The summed E-state index contributed by atoms with van der Waals surface area (Å²) in [5.41, 5.74) is 2.74. The number of likely N-dealkylation sites (tertiary alicyclic amines) is 1. The maximum absolute atomic E-state index is 12.5. The Labute approximate surface area is 179 Å². The third kappa shape index (κ3) is 5.52. The van der Waals surface area contributed by atoms with E-state index in [1.165, 1.54) is 11.1 Å². The molecule has 2 N–H and O–H groups in total. The molecular weight excluding hydrogens is 386 g/mol. The number of rotatable bonds is 5. The predicted octanol–water partition coefficient (Wildman–Crippen LogP) is 1.76. The molecule has 3 heterocycles. The molecule has 2 aliphatic heterocycles. The molecule has 29 heavy (non-hydrogen) atoms. The van der Waals surface area contributed by atoms with E-state index in [2.05, 4.69) is 44.0 Å². The van der Waals surface area contributed by atoms with Crippen molar-refractivity contribution in [1.82, 2.24) is 24.7 Å². The maximum Gasteiger partial charge on any atom is 0.317 e. The van der Waals surface area contributed by atoms with Crippen LogP contribution in [0.1, 0.15) is 30.0 Å². The van der Waals surface area contributed by atoms with E-state index in [0.29, 0.717) is 13.1 Å². The van der Waals surface area contributed by atoms with Gasteiger partial charge in [-0.3, -0.25) is 4.90 Å². The van der Waals surface area contributed by atoms with Crippen molar-refractivity contribution in [3.63, 3.8) is 0 Å². The van der Waals surface area contributed by atoms with Crippen molar-refractivity contribution >= 4 is 19.5 Å². The molecule has 0 spiro atoms. The Hall–Kier alpha value is -2.03. The molecule has 158 valence electrons. The number of amides is 2. The summed E-state index contributed by atoms with van der Waals surface area (Å²) in [5, 5.41) is 13.3. The Morgan fingerprint density at radius 2 is 2.10 bits per heavy atom. The normalized spacial score (nSPS) is 20.4. The second kappa shape index (κ2) is 10.1. The first-order valence-electron chi connectivity index (χ1n) is 10.2. The molecule has 0 aliphatic carbocycles. The molecule has 0 bridgehead atoms. The van der Waals surface area contributed by atoms with Crippen LogP contribution in [0.25, 0.3) is 0 Å². The number of aliphatic hydroxyl groups is 1. The van der Waals surface area contributed by atoms with Gasteiger partial charge in [0.15, 0.2) is 0 Å². The average Bonchev–Trinajstić information content (AvgIpc) is 3.27. The number of nitrogens with one attached hydrogen (secondary N) is 1. The van der Waals surface area contributed by atoms with Gasteiger partial charge >= 0.3 is 6.03 Å². The van der Waals surface area contributed by atoms with Gasteiger partial charge in [0.2, 0.25) is 0 Å². The Morgan fingerprint density at radius 3 is 2.90 bits per heavy atom. The quantitative estimate of drug-likeness (QED) is 0.778. The van der Waals surface area contributed by atoms with Crippen LogP contribution in [-0.2, 0) is 13.0 Å². The molecule has 7 nitrogen and oxygen atoms in total. The van der Waals surface area contributed by atoms with Crippen LogP contribution in [0.5, 0.6) is 0 Å². The van der Waals surface area contributed by atoms with E-state index >= 15 is 0 Å². The number of carbonyl (C=O) groups is 1. The molecule has 1 unspecified atom stereocenters. The summed E-state index contributed by atoms with van der Waals surface area (Å²) >= 11 is 0. The molecule has 1 saturated heterocycles. The van der Waals surface area contributed by atoms with Gasteiger partial charge in [-0.25, -0.2) is 9.78 Å². The lowest BCUT2D eigenvalue weighted by atomic mass is 10.00. The van der Waals surface area contributed by atoms with Crippen molar-refractivity contribution in [1.29, 1.82) is 0 Å². The van der Waals surface area contributed by atoms with Gasteiger partial charge in [0.25, 0.3) is 0 Å². The predicted molar refractivity (Wildman–Crippen MR) is 117 cm³/mol. The summed E-state index contributed by atoms with van der Waals surface area (Å²) in [4.78, 5) is 20.7. The summed E-state index contributed by atoms with van der Waals surface area (Å²) in [7, 11) is 0. The van der Waals surface area contributed by atoms with Crippen molar-refractivity contribution in [3.05, 3.63) is 54.1 Å². The summed E-state index contributed by atoms with van der Waals surface area (Å²) < 4.78 is 2.07. The molecule has 2 aliphatic rings. The lowest BCUT2D eigenvalue weighted by Gasteiger charge is -2.34. The van der Waals surface area contributed by atoms with Gasteiger partial charge in [0, 0.05) is 51.7 Å². The Morgan fingerprint density at radius 1 is 1.28 bits per heavy atom. The summed E-state index contributed by atoms with van der Waals surface area (Å²) in [6.45, 7) is 4.10. The average molecular weight is 418 g/mol. The van der Waals surface area contributed by atoms with Crippen LogP contribution in [0.15, 0.2) is 43.0 Å². The van der Waals surface area contributed by atoms with Crippen LogP contribution in [0.2, 0.25) is 0 Å². The number of hydrogen-bond donors (Lipinski definition) is 2. The molecule has 1 aromatic heterocycles. The van der Waals surface area contributed by atoms with Gasteiger partial charge in [-0.15, -0.1) is 0 Å². The highest BCUT2D eigenvalue weighted by Crippen LogP contribution is 2.21. The van der Waals surface area contributed by atoms with Crippen molar-refractivity contribution in [3.8, 4) is 0 Å². The van der Waals surface area contributed by atoms with E-state index < -0.39 is 6.10 Å². The molecule has 4 rings (SSSR count). The van der Waals surface area contributed by atoms with Crippen molar-refractivity contribution in [2.75, 3.05) is 32.7 Å². The van der Waals surface area contributed by atoms with Gasteiger partial charge in [-0.2, -0.15) is 13.5 Å². The lowest BCUT2D eigenvalue weighted by molar-refractivity contribution is 0.102. The molecular formula is C21H31N5O2S. The van der Waals surface area contributed by atoms with E-state index in [1.807, 2.05) is 17.4 Å². The second-order valence-electron chi connectivity index (χ2n) is 7.85. The van der Waals surface area contributed by atoms with Gasteiger partial charge in [0.1, 0.15) is 0 Å². The molecule has 2 atom stereocenters. The summed E-state index contributed by atoms with van der Waals surface area (Å²) in [6, 6.07) is 8.67. The van der Waals surface area contributed by atoms with Crippen LogP contribution >= 0.6 is 13.5 Å². The minimum atomic E-state index is -0.566. The fourth-order valence-corrected chi connectivity index (χ4v) is 4.26. The molecule has 1 aromatic carbocycles. The van der Waals surface area contributed by atoms with Crippen LogP contribution < -0.4 is 5.32 Å². The van der Waals surface area contributed by atoms with E-state index in [4.69, 9.17) is 0 Å². The van der Waals surface area contributed by atoms with Gasteiger partial charge in [-0.05, 0) is 30.4 Å². The number of benzene rings is 1. The summed E-state index contributed by atoms with van der Waals surface area (Å²) in [6.07, 6.45) is 8.01. The fraction of sp³-hybridized carbons (Fsp3) is 0.524. The number of aromatic nitrogens is 2. The Kier molecular flexibility index (Phi) is 7.57. The van der Waals surface area contributed by atoms with Crippen LogP contribution in [0.3, 0.4) is 0 Å².